The summed E-state index contributed by atoms with van der Waals surface area (Å²) in [4.78, 5) is 31.3. The van der Waals surface area contributed by atoms with Gasteiger partial charge in [0.05, 0.1) is 23.4 Å². The second kappa shape index (κ2) is 11.1. The summed E-state index contributed by atoms with van der Waals surface area (Å²) in [5, 5.41) is 13.0. The van der Waals surface area contributed by atoms with E-state index in [1.165, 1.54) is 35.1 Å². The van der Waals surface area contributed by atoms with Gasteiger partial charge in [0.15, 0.2) is 11.6 Å². The number of nitrogens with one attached hydrogen (secondary N) is 1. The maximum absolute atomic E-state index is 15.1. The first-order valence-electron chi connectivity index (χ1n) is 13.2. The number of ether oxygens (including phenoxy) is 1. The van der Waals surface area contributed by atoms with Crippen molar-refractivity contribution in [1.29, 1.82) is 0 Å². The SMILES string of the molecule is Cc1c(C(=O)Nc2ccc(Oc3ccnc4cc(O)ccc34)c(F)c2)c(=O)n(-c2ccccc2)n1Cc1ccccc1. The van der Waals surface area contributed by atoms with Crippen LogP contribution in [0.4, 0.5) is 10.1 Å². The van der Waals surface area contributed by atoms with Crippen LogP contribution in [0, 0.1) is 12.7 Å². The lowest BCUT2D eigenvalue weighted by atomic mass is 10.2. The van der Waals surface area contributed by atoms with Gasteiger partial charge >= 0.3 is 0 Å². The summed E-state index contributed by atoms with van der Waals surface area (Å²) >= 11 is 0. The number of carbonyl (C=O) groups is 1. The molecule has 2 heterocycles. The first-order chi connectivity index (χ1) is 20.4. The van der Waals surface area contributed by atoms with Gasteiger partial charge in [0, 0.05) is 29.4 Å². The van der Waals surface area contributed by atoms with Crippen LogP contribution < -0.4 is 15.6 Å². The Kier molecular flexibility index (Phi) is 6.98. The van der Waals surface area contributed by atoms with E-state index in [4.69, 9.17) is 4.74 Å². The second-order valence-corrected chi connectivity index (χ2v) is 9.67. The number of carbonyl (C=O) groups excluding carboxylic acids is 1. The molecule has 0 radical (unpaired) electrons. The lowest BCUT2D eigenvalue weighted by molar-refractivity contribution is 0.102. The first kappa shape index (κ1) is 26.5. The highest BCUT2D eigenvalue weighted by Gasteiger charge is 2.24. The molecule has 0 bridgehead atoms. The number of anilines is 1. The number of amides is 1. The van der Waals surface area contributed by atoms with Crippen molar-refractivity contribution in [3.05, 3.63) is 142 Å². The number of aromatic nitrogens is 3. The number of aromatic hydroxyl groups is 1. The van der Waals surface area contributed by atoms with Crippen LogP contribution in [-0.4, -0.2) is 25.4 Å². The molecule has 2 aromatic heterocycles. The molecule has 2 N–H and O–H groups in total. The van der Waals surface area contributed by atoms with Crippen LogP contribution in [0.5, 0.6) is 17.2 Å². The highest BCUT2D eigenvalue weighted by atomic mass is 19.1. The van der Waals surface area contributed by atoms with Gasteiger partial charge < -0.3 is 15.2 Å². The molecular weight excluding hydrogens is 535 g/mol. The van der Waals surface area contributed by atoms with E-state index in [0.29, 0.717) is 34.6 Å². The zero-order chi connectivity index (χ0) is 29.2. The fourth-order valence-electron chi connectivity index (χ4n) is 4.85. The summed E-state index contributed by atoms with van der Waals surface area (Å²) in [5.41, 5.74) is 2.19. The smallest absolute Gasteiger partial charge is 0.284 e. The molecule has 42 heavy (non-hydrogen) atoms. The number of phenolic OH excluding ortho intramolecular Hbond substituents is 1. The van der Waals surface area contributed by atoms with Crippen molar-refractivity contribution < 1.29 is 19.0 Å². The number of para-hydroxylation sites is 1. The number of phenols is 1. The average Bonchev–Trinajstić information content (AvgIpc) is 3.23. The Morgan fingerprint density at radius 2 is 1.67 bits per heavy atom. The van der Waals surface area contributed by atoms with E-state index in [-0.39, 0.29) is 22.7 Å². The zero-order valence-corrected chi connectivity index (χ0v) is 22.5. The van der Waals surface area contributed by atoms with Crippen molar-refractivity contribution in [2.24, 2.45) is 0 Å². The zero-order valence-electron chi connectivity index (χ0n) is 22.5. The minimum atomic E-state index is -0.711. The molecule has 4 aromatic carbocycles. The summed E-state index contributed by atoms with van der Waals surface area (Å²) in [5.74, 6) is -1.02. The lowest BCUT2D eigenvalue weighted by Gasteiger charge is -2.14. The molecule has 0 aliphatic rings. The molecule has 0 fully saturated rings. The summed E-state index contributed by atoms with van der Waals surface area (Å²) in [7, 11) is 0. The summed E-state index contributed by atoms with van der Waals surface area (Å²) in [6.07, 6.45) is 1.50. The Balaban J connectivity index is 1.30. The van der Waals surface area contributed by atoms with Crippen molar-refractivity contribution in [1.82, 2.24) is 14.3 Å². The van der Waals surface area contributed by atoms with Crippen molar-refractivity contribution in [2.75, 3.05) is 5.32 Å². The highest BCUT2D eigenvalue weighted by Crippen LogP contribution is 2.32. The van der Waals surface area contributed by atoms with Gasteiger partial charge in [-0.15, -0.1) is 0 Å². The monoisotopic (exact) mass is 560 g/mol. The standard InChI is InChI=1S/C33H25FN4O4/c1-21-31(33(41)38(24-10-6-3-7-11-24)37(21)20-22-8-4-2-5-9-22)32(40)36-23-12-15-30(27(34)18-23)42-29-16-17-35-28-19-25(39)13-14-26(28)29/h2-19,39H,20H2,1H3,(H,36,40). The number of rotatable bonds is 7. The van der Waals surface area contributed by atoms with Crippen molar-refractivity contribution in [2.45, 2.75) is 13.5 Å². The molecule has 6 rings (SSSR count). The van der Waals surface area contributed by atoms with E-state index in [0.717, 1.165) is 11.6 Å². The number of pyridine rings is 1. The minimum absolute atomic E-state index is 0.0398. The Morgan fingerprint density at radius 1 is 0.929 bits per heavy atom. The number of hydrogen-bond donors (Lipinski definition) is 2. The Labute approximate surface area is 239 Å². The average molecular weight is 561 g/mol. The van der Waals surface area contributed by atoms with Gasteiger partial charge in [-0.3, -0.25) is 19.3 Å². The molecule has 6 aromatic rings. The highest BCUT2D eigenvalue weighted by molar-refractivity contribution is 6.05. The van der Waals surface area contributed by atoms with Gasteiger partial charge in [-0.2, -0.15) is 0 Å². The fourth-order valence-corrected chi connectivity index (χ4v) is 4.85. The fraction of sp³-hybridized carbons (Fsp3) is 0.0606. The summed E-state index contributed by atoms with van der Waals surface area (Å²) in [6, 6.07) is 29.0. The van der Waals surface area contributed by atoms with Gasteiger partial charge in [-0.05, 0) is 55.0 Å². The molecule has 0 aliphatic carbocycles. The van der Waals surface area contributed by atoms with Crippen molar-refractivity contribution in [3.63, 3.8) is 0 Å². The molecule has 0 spiro atoms. The van der Waals surface area contributed by atoms with E-state index in [1.54, 1.807) is 35.9 Å². The van der Waals surface area contributed by atoms with Gasteiger partial charge in [-0.1, -0.05) is 48.5 Å². The van der Waals surface area contributed by atoms with E-state index in [1.807, 2.05) is 48.5 Å². The van der Waals surface area contributed by atoms with Crippen LogP contribution >= 0.6 is 0 Å². The van der Waals surface area contributed by atoms with E-state index < -0.39 is 17.3 Å². The molecule has 208 valence electrons. The van der Waals surface area contributed by atoms with Crippen LogP contribution in [0.2, 0.25) is 0 Å². The molecule has 0 aliphatic heterocycles. The minimum Gasteiger partial charge on any atom is -0.508 e. The third kappa shape index (κ3) is 5.11. The lowest BCUT2D eigenvalue weighted by Crippen LogP contribution is -2.26. The number of benzene rings is 4. The third-order valence-electron chi connectivity index (χ3n) is 6.90. The molecular formula is C33H25FN4O4. The molecule has 9 heteroatoms. The normalized spacial score (nSPS) is 11.0. The quantitative estimate of drug-likeness (QED) is 0.234. The van der Waals surface area contributed by atoms with Gasteiger partial charge in [0.2, 0.25) is 0 Å². The van der Waals surface area contributed by atoms with Crippen molar-refractivity contribution >= 4 is 22.5 Å². The Bertz CT molecular complexity index is 1990. The van der Waals surface area contributed by atoms with Crippen LogP contribution in [0.1, 0.15) is 21.6 Å². The molecule has 1 amide bonds. The third-order valence-corrected chi connectivity index (χ3v) is 6.90. The Hall–Kier alpha value is -5.70. The maximum Gasteiger partial charge on any atom is 0.284 e. The van der Waals surface area contributed by atoms with Crippen LogP contribution in [-0.2, 0) is 6.54 Å². The Morgan fingerprint density at radius 3 is 2.40 bits per heavy atom. The van der Waals surface area contributed by atoms with Crippen molar-refractivity contribution in [3.8, 4) is 22.9 Å². The van der Waals surface area contributed by atoms with Crippen LogP contribution in [0.25, 0.3) is 16.6 Å². The van der Waals surface area contributed by atoms with E-state index in [9.17, 15) is 14.7 Å². The number of hydrogen-bond acceptors (Lipinski definition) is 5. The molecule has 0 saturated heterocycles. The van der Waals surface area contributed by atoms with Gasteiger partial charge in [0.1, 0.15) is 17.1 Å². The first-order valence-corrected chi connectivity index (χ1v) is 13.2. The topological polar surface area (TPSA) is 98.4 Å². The van der Waals surface area contributed by atoms with Gasteiger partial charge in [0.25, 0.3) is 11.5 Å². The number of nitrogens with zero attached hydrogens (tertiary/aromatic N) is 3. The second-order valence-electron chi connectivity index (χ2n) is 9.67. The predicted octanol–water partition coefficient (Wildman–Crippen LogP) is 6.43. The molecule has 0 saturated carbocycles. The van der Waals surface area contributed by atoms with Crippen LogP contribution in [0.15, 0.2) is 114 Å². The van der Waals surface area contributed by atoms with Gasteiger partial charge in [-0.25, -0.2) is 9.07 Å². The molecule has 8 nitrogen and oxygen atoms in total. The van der Waals surface area contributed by atoms with E-state index in [2.05, 4.69) is 10.3 Å². The molecule has 0 unspecified atom stereocenters. The van der Waals surface area contributed by atoms with E-state index >= 15 is 4.39 Å². The molecule has 0 atom stereocenters. The number of fused-ring (bicyclic) bond motifs is 1. The maximum atomic E-state index is 15.1. The summed E-state index contributed by atoms with van der Waals surface area (Å²) < 4.78 is 24.2. The largest absolute Gasteiger partial charge is 0.508 e. The number of halogens is 1. The predicted molar refractivity (Wildman–Crippen MR) is 158 cm³/mol. The summed E-state index contributed by atoms with van der Waals surface area (Å²) in [6.45, 7) is 2.09. The van der Waals surface area contributed by atoms with Crippen LogP contribution in [0.3, 0.4) is 0 Å².